The molecule has 146 valence electrons. The van der Waals surface area contributed by atoms with Gasteiger partial charge in [-0.15, -0.1) is 11.3 Å². The number of fused-ring (bicyclic) bond motifs is 1. The van der Waals surface area contributed by atoms with E-state index in [0.717, 1.165) is 15.2 Å². The summed E-state index contributed by atoms with van der Waals surface area (Å²) in [5.41, 5.74) is 5.68. The standard InChI is InChI=1S/C20H20FN3O3S/c1-13(27-15-11-9-14(21)10-12-15)20(26)24-23-18(25)7-4-8-19-22-16-5-2-3-6-17(16)28-19/h2-3,5-6,9-13H,4,7-8H2,1H3,(H,23,25)(H,24,26). The lowest BCUT2D eigenvalue weighted by atomic mass is 10.2. The summed E-state index contributed by atoms with van der Waals surface area (Å²) >= 11 is 1.62. The number of benzene rings is 2. The summed E-state index contributed by atoms with van der Waals surface area (Å²) in [4.78, 5) is 28.4. The van der Waals surface area contributed by atoms with Crippen molar-refractivity contribution in [2.45, 2.75) is 32.3 Å². The number of halogens is 1. The number of carbonyl (C=O) groups excluding carboxylic acids is 2. The summed E-state index contributed by atoms with van der Waals surface area (Å²) < 4.78 is 19.4. The van der Waals surface area contributed by atoms with E-state index in [1.165, 1.54) is 31.2 Å². The molecule has 1 aromatic heterocycles. The van der Waals surface area contributed by atoms with Gasteiger partial charge in [0, 0.05) is 6.42 Å². The smallest absolute Gasteiger partial charge is 0.279 e. The highest BCUT2D eigenvalue weighted by Crippen LogP contribution is 2.22. The number of thiazole rings is 1. The van der Waals surface area contributed by atoms with Gasteiger partial charge in [0.15, 0.2) is 6.10 Å². The van der Waals surface area contributed by atoms with Crippen LogP contribution >= 0.6 is 11.3 Å². The highest BCUT2D eigenvalue weighted by atomic mass is 32.1. The minimum absolute atomic E-state index is 0.267. The van der Waals surface area contributed by atoms with E-state index in [2.05, 4.69) is 15.8 Å². The number of aryl methyl sites for hydroxylation is 1. The third-order valence-corrected chi connectivity index (χ3v) is 5.05. The summed E-state index contributed by atoms with van der Waals surface area (Å²) in [7, 11) is 0. The number of nitrogens with one attached hydrogen (secondary N) is 2. The van der Waals surface area contributed by atoms with Crippen molar-refractivity contribution in [3.05, 3.63) is 59.4 Å². The van der Waals surface area contributed by atoms with Crippen LogP contribution in [0.1, 0.15) is 24.8 Å². The van der Waals surface area contributed by atoms with E-state index in [-0.39, 0.29) is 18.1 Å². The van der Waals surface area contributed by atoms with Gasteiger partial charge in [-0.1, -0.05) is 12.1 Å². The molecule has 0 aliphatic carbocycles. The molecule has 0 spiro atoms. The molecular formula is C20H20FN3O3S. The largest absolute Gasteiger partial charge is 0.481 e. The SMILES string of the molecule is CC(Oc1ccc(F)cc1)C(=O)NNC(=O)CCCc1nc2ccccc2s1. The van der Waals surface area contributed by atoms with Gasteiger partial charge in [0.2, 0.25) is 5.91 Å². The third kappa shape index (κ3) is 5.50. The Labute approximate surface area is 165 Å². The van der Waals surface area contributed by atoms with E-state index in [1.54, 1.807) is 11.3 Å². The zero-order chi connectivity index (χ0) is 19.9. The van der Waals surface area contributed by atoms with E-state index in [1.807, 2.05) is 24.3 Å². The average Bonchev–Trinajstić information content (AvgIpc) is 3.10. The molecule has 1 unspecified atom stereocenters. The van der Waals surface area contributed by atoms with Crippen molar-refractivity contribution in [1.82, 2.24) is 15.8 Å². The van der Waals surface area contributed by atoms with E-state index < -0.39 is 12.0 Å². The van der Waals surface area contributed by atoms with Crippen molar-refractivity contribution < 1.29 is 18.7 Å². The van der Waals surface area contributed by atoms with Crippen LogP contribution in [0.4, 0.5) is 4.39 Å². The predicted octanol–water partition coefficient (Wildman–Crippen LogP) is 3.37. The topological polar surface area (TPSA) is 80.3 Å². The average molecular weight is 401 g/mol. The minimum atomic E-state index is -0.839. The van der Waals surface area contributed by atoms with Gasteiger partial charge >= 0.3 is 0 Å². The molecular weight excluding hydrogens is 381 g/mol. The molecule has 28 heavy (non-hydrogen) atoms. The van der Waals surface area contributed by atoms with Gasteiger partial charge in [-0.3, -0.25) is 20.4 Å². The third-order valence-electron chi connectivity index (χ3n) is 3.95. The number of hydrogen-bond acceptors (Lipinski definition) is 5. The summed E-state index contributed by atoms with van der Waals surface area (Å²) in [6, 6.07) is 13.3. The minimum Gasteiger partial charge on any atom is -0.481 e. The Kier molecular flexibility index (Phi) is 6.54. The molecule has 6 nitrogen and oxygen atoms in total. The molecule has 0 saturated heterocycles. The van der Waals surface area contributed by atoms with E-state index >= 15 is 0 Å². The fourth-order valence-electron chi connectivity index (χ4n) is 2.49. The summed E-state index contributed by atoms with van der Waals surface area (Å²) in [6.45, 7) is 1.54. The Hall–Kier alpha value is -3.00. The zero-order valence-corrected chi connectivity index (χ0v) is 16.1. The van der Waals surface area contributed by atoms with Crippen LogP contribution in [-0.4, -0.2) is 22.9 Å². The number of nitrogens with zero attached hydrogens (tertiary/aromatic N) is 1. The normalized spacial score (nSPS) is 11.8. The van der Waals surface area contributed by atoms with Gasteiger partial charge in [-0.05, 0) is 56.2 Å². The van der Waals surface area contributed by atoms with Crippen LogP contribution in [0.15, 0.2) is 48.5 Å². The lowest BCUT2D eigenvalue weighted by molar-refractivity contribution is -0.132. The van der Waals surface area contributed by atoms with Gasteiger partial charge in [0.25, 0.3) is 5.91 Å². The van der Waals surface area contributed by atoms with Gasteiger partial charge in [-0.2, -0.15) is 0 Å². The highest BCUT2D eigenvalue weighted by Gasteiger charge is 2.15. The number of hydrazine groups is 1. The van der Waals surface area contributed by atoms with Crippen LogP contribution in [0, 0.1) is 5.82 Å². The fraction of sp³-hybridized carbons (Fsp3) is 0.250. The first-order chi connectivity index (χ1) is 13.5. The molecule has 2 N–H and O–H groups in total. The molecule has 2 aromatic carbocycles. The van der Waals surface area contributed by atoms with Gasteiger partial charge in [0.1, 0.15) is 11.6 Å². The quantitative estimate of drug-likeness (QED) is 0.595. The maximum atomic E-state index is 12.9. The molecule has 0 radical (unpaired) electrons. The Morgan fingerprint density at radius 3 is 2.64 bits per heavy atom. The Balaban J connectivity index is 1.37. The maximum absolute atomic E-state index is 12.9. The van der Waals surface area contributed by atoms with Crippen LogP contribution in [0.5, 0.6) is 5.75 Å². The van der Waals surface area contributed by atoms with Crippen molar-refractivity contribution in [2.75, 3.05) is 0 Å². The summed E-state index contributed by atoms with van der Waals surface area (Å²) in [5.74, 6) is -0.805. The van der Waals surface area contributed by atoms with Crippen molar-refractivity contribution >= 4 is 33.4 Å². The van der Waals surface area contributed by atoms with Crippen molar-refractivity contribution in [2.24, 2.45) is 0 Å². The van der Waals surface area contributed by atoms with Gasteiger partial charge in [-0.25, -0.2) is 9.37 Å². The van der Waals surface area contributed by atoms with Crippen LogP contribution in [0.25, 0.3) is 10.2 Å². The molecule has 0 aliphatic heterocycles. The first-order valence-electron chi connectivity index (χ1n) is 8.86. The van der Waals surface area contributed by atoms with Crippen LogP contribution < -0.4 is 15.6 Å². The highest BCUT2D eigenvalue weighted by molar-refractivity contribution is 7.18. The maximum Gasteiger partial charge on any atom is 0.279 e. The summed E-state index contributed by atoms with van der Waals surface area (Å²) in [6.07, 6.45) is 0.755. The predicted molar refractivity (Wildman–Crippen MR) is 105 cm³/mol. The zero-order valence-electron chi connectivity index (χ0n) is 15.3. The number of ether oxygens (including phenoxy) is 1. The first kappa shape index (κ1) is 19.8. The van der Waals surface area contributed by atoms with Crippen LogP contribution in [-0.2, 0) is 16.0 Å². The number of hydrogen-bond donors (Lipinski definition) is 2. The molecule has 3 aromatic rings. The Morgan fingerprint density at radius 2 is 1.89 bits per heavy atom. The number of para-hydroxylation sites is 1. The first-order valence-corrected chi connectivity index (χ1v) is 9.68. The molecule has 0 fully saturated rings. The van der Waals surface area contributed by atoms with Gasteiger partial charge in [0.05, 0.1) is 15.2 Å². The number of aromatic nitrogens is 1. The molecule has 0 aliphatic rings. The number of carbonyl (C=O) groups is 2. The molecule has 2 amide bonds. The lowest BCUT2D eigenvalue weighted by Crippen LogP contribution is -2.47. The van der Waals surface area contributed by atoms with Crippen molar-refractivity contribution in [3.63, 3.8) is 0 Å². The number of rotatable bonds is 7. The molecule has 1 heterocycles. The molecule has 0 bridgehead atoms. The van der Waals surface area contributed by atoms with Gasteiger partial charge < -0.3 is 4.74 Å². The van der Waals surface area contributed by atoms with E-state index in [0.29, 0.717) is 18.6 Å². The molecule has 8 heteroatoms. The van der Waals surface area contributed by atoms with Crippen LogP contribution in [0.2, 0.25) is 0 Å². The second kappa shape index (κ2) is 9.27. The Morgan fingerprint density at radius 1 is 1.14 bits per heavy atom. The van der Waals surface area contributed by atoms with Crippen LogP contribution in [0.3, 0.4) is 0 Å². The molecule has 3 rings (SSSR count). The lowest BCUT2D eigenvalue weighted by Gasteiger charge is -2.15. The Bertz CT molecular complexity index is 926. The second-order valence-electron chi connectivity index (χ2n) is 6.18. The fourth-order valence-corrected chi connectivity index (χ4v) is 3.50. The second-order valence-corrected chi connectivity index (χ2v) is 7.30. The summed E-state index contributed by atoms with van der Waals surface area (Å²) in [5, 5.41) is 0.986. The molecule has 1 atom stereocenters. The van der Waals surface area contributed by atoms with E-state index in [4.69, 9.17) is 4.74 Å². The van der Waals surface area contributed by atoms with E-state index in [9.17, 15) is 14.0 Å². The monoisotopic (exact) mass is 401 g/mol. The van der Waals surface area contributed by atoms with Crippen molar-refractivity contribution in [1.29, 1.82) is 0 Å². The van der Waals surface area contributed by atoms with Crippen molar-refractivity contribution in [3.8, 4) is 5.75 Å². The number of amides is 2. The molecule has 0 saturated carbocycles.